The SMILES string of the molecule is Cc1cc(CSC2CCCCC2)c(O)c2c1CC1CC3[C@H](N(C)C)C(=O)C(C(N)=O)=C(O)C3(O)C(=O)C1=C2O. The lowest BCUT2D eigenvalue weighted by Crippen LogP contribution is -2.65. The maximum absolute atomic E-state index is 14.0. The lowest BCUT2D eigenvalue weighted by atomic mass is 9.57. The minimum atomic E-state index is -2.62. The molecular weight excluding hydrogens is 520 g/mol. The van der Waals surface area contributed by atoms with Crippen molar-refractivity contribution < 1.29 is 34.8 Å². The molecule has 3 unspecified atom stereocenters. The summed E-state index contributed by atoms with van der Waals surface area (Å²) in [4.78, 5) is 40.8. The number of aromatic hydroxyl groups is 1. The largest absolute Gasteiger partial charge is 0.508 e. The number of carbonyl (C=O) groups is 3. The van der Waals surface area contributed by atoms with Crippen molar-refractivity contribution in [2.24, 2.45) is 17.6 Å². The quantitative estimate of drug-likeness (QED) is 0.343. The molecule has 210 valence electrons. The number of hydrogen-bond donors (Lipinski definition) is 5. The van der Waals surface area contributed by atoms with Crippen molar-refractivity contribution in [3.05, 3.63) is 45.2 Å². The van der Waals surface area contributed by atoms with Gasteiger partial charge < -0.3 is 26.2 Å². The highest BCUT2D eigenvalue weighted by Crippen LogP contribution is 2.53. The van der Waals surface area contributed by atoms with Crippen LogP contribution in [0.1, 0.15) is 60.8 Å². The topological polar surface area (TPSA) is 161 Å². The Kier molecular flexibility index (Phi) is 7.10. The van der Waals surface area contributed by atoms with Crippen LogP contribution in [0.15, 0.2) is 23.0 Å². The Labute approximate surface area is 231 Å². The summed E-state index contributed by atoms with van der Waals surface area (Å²) in [5.74, 6) is -5.65. The third-order valence-electron chi connectivity index (χ3n) is 9.05. The highest BCUT2D eigenvalue weighted by Gasteiger charge is 2.64. The molecule has 4 atom stereocenters. The van der Waals surface area contributed by atoms with Crippen molar-refractivity contribution >= 4 is 35.0 Å². The van der Waals surface area contributed by atoms with Crippen LogP contribution in [-0.2, 0) is 26.6 Å². The van der Waals surface area contributed by atoms with Crippen molar-refractivity contribution in [2.45, 2.75) is 74.5 Å². The number of primary amides is 1. The number of amides is 1. The number of carbonyl (C=O) groups excluding carboxylic acids is 3. The van der Waals surface area contributed by atoms with Gasteiger partial charge in [-0.3, -0.25) is 19.3 Å². The van der Waals surface area contributed by atoms with E-state index in [1.54, 1.807) is 25.9 Å². The number of benzene rings is 1. The number of ketones is 2. The van der Waals surface area contributed by atoms with Gasteiger partial charge in [-0.15, -0.1) is 0 Å². The van der Waals surface area contributed by atoms with Gasteiger partial charge in [0, 0.05) is 28.1 Å². The van der Waals surface area contributed by atoms with E-state index in [0.29, 0.717) is 28.6 Å². The molecule has 5 rings (SSSR count). The third kappa shape index (κ3) is 4.19. The van der Waals surface area contributed by atoms with E-state index in [1.807, 2.05) is 13.0 Å². The van der Waals surface area contributed by atoms with Crippen LogP contribution in [0.5, 0.6) is 5.75 Å². The first-order valence-electron chi connectivity index (χ1n) is 13.5. The van der Waals surface area contributed by atoms with Crippen LogP contribution < -0.4 is 5.73 Å². The minimum Gasteiger partial charge on any atom is -0.508 e. The van der Waals surface area contributed by atoms with Crippen LogP contribution in [0, 0.1) is 18.8 Å². The van der Waals surface area contributed by atoms with Gasteiger partial charge in [0.05, 0.1) is 11.6 Å². The Morgan fingerprint density at radius 3 is 2.44 bits per heavy atom. The first-order chi connectivity index (χ1) is 18.4. The van der Waals surface area contributed by atoms with Crippen molar-refractivity contribution in [3.63, 3.8) is 0 Å². The van der Waals surface area contributed by atoms with Crippen molar-refractivity contribution in [2.75, 3.05) is 14.1 Å². The molecule has 10 heteroatoms. The van der Waals surface area contributed by atoms with E-state index in [-0.39, 0.29) is 23.3 Å². The van der Waals surface area contributed by atoms with Gasteiger partial charge in [-0.25, -0.2) is 0 Å². The zero-order chi connectivity index (χ0) is 28.4. The summed E-state index contributed by atoms with van der Waals surface area (Å²) in [5.41, 5.74) is 4.26. The second-order valence-electron chi connectivity index (χ2n) is 11.6. The van der Waals surface area contributed by atoms with Crippen LogP contribution in [0.2, 0.25) is 0 Å². The number of Topliss-reactive ketones (excluding diaryl/α,β-unsaturated/α-hetero) is 2. The predicted octanol–water partition coefficient (Wildman–Crippen LogP) is 2.84. The van der Waals surface area contributed by atoms with Crippen LogP contribution in [0.3, 0.4) is 0 Å². The molecule has 0 bridgehead atoms. The summed E-state index contributed by atoms with van der Waals surface area (Å²) >= 11 is 1.78. The number of thioether (sulfide) groups is 1. The molecule has 0 radical (unpaired) electrons. The molecule has 0 aliphatic heterocycles. The van der Waals surface area contributed by atoms with E-state index in [1.165, 1.54) is 24.2 Å². The number of nitrogens with zero attached hydrogens (tertiary/aromatic N) is 1. The van der Waals surface area contributed by atoms with Gasteiger partial charge >= 0.3 is 0 Å². The van der Waals surface area contributed by atoms with Crippen molar-refractivity contribution in [1.82, 2.24) is 4.90 Å². The molecule has 39 heavy (non-hydrogen) atoms. The van der Waals surface area contributed by atoms with Gasteiger partial charge in [0.1, 0.15) is 22.8 Å². The first-order valence-corrected chi connectivity index (χ1v) is 14.5. The Morgan fingerprint density at radius 2 is 1.82 bits per heavy atom. The number of aliphatic hydroxyl groups excluding tert-OH is 2. The molecule has 0 spiro atoms. The number of likely N-dealkylation sites (N-methyl/N-ethyl adjacent to an activating group) is 1. The van der Waals surface area contributed by atoms with Crippen molar-refractivity contribution in [3.8, 4) is 5.75 Å². The number of aryl methyl sites for hydroxylation is 1. The monoisotopic (exact) mass is 556 g/mol. The second kappa shape index (κ2) is 9.98. The second-order valence-corrected chi connectivity index (χ2v) is 12.9. The number of hydrogen-bond acceptors (Lipinski definition) is 9. The molecule has 2 saturated carbocycles. The van der Waals surface area contributed by atoms with Gasteiger partial charge in [-0.05, 0) is 63.7 Å². The van der Waals surface area contributed by atoms with Gasteiger partial charge in [0.15, 0.2) is 11.4 Å². The van der Waals surface area contributed by atoms with Crippen LogP contribution >= 0.6 is 11.8 Å². The Hall–Kier alpha value is -2.82. The van der Waals surface area contributed by atoms with E-state index in [9.17, 15) is 34.8 Å². The van der Waals surface area contributed by atoms with E-state index < -0.39 is 58.0 Å². The van der Waals surface area contributed by atoms with Gasteiger partial charge in [-0.2, -0.15) is 11.8 Å². The first kappa shape index (κ1) is 27.7. The summed E-state index contributed by atoms with van der Waals surface area (Å²) in [5, 5.41) is 46.0. The highest BCUT2D eigenvalue weighted by molar-refractivity contribution is 7.99. The highest BCUT2D eigenvalue weighted by atomic mass is 32.2. The van der Waals surface area contributed by atoms with Gasteiger partial charge in [0.25, 0.3) is 5.91 Å². The number of rotatable bonds is 5. The molecule has 2 fully saturated rings. The molecule has 1 aromatic rings. The molecule has 6 N–H and O–H groups in total. The summed E-state index contributed by atoms with van der Waals surface area (Å²) in [6.45, 7) is 1.91. The molecule has 1 aromatic carbocycles. The zero-order valence-corrected chi connectivity index (χ0v) is 23.3. The number of phenolic OH excluding ortho intramolecular Hbond substituents is 1. The average Bonchev–Trinajstić information content (AvgIpc) is 2.87. The summed E-state index contributed by atoms with van der Waals surface area (Å²) in [7, 11) is 3.17. The molecule has 1 amide bonds. The molecule has 9 nitrogen and oxygen atoms in total. The Balaban J connectivity index is 1.60. The zero-order valence-electron chi connectivity index (χ0n) is 22.5. The number of nitrogens with two attached hydrogens (primary N) is 1. The molecule has 0 heterocycles. The van der Waals surface area contributed by atoms with Gasteiger partial charge in [0.2, 0.25) is 5.78 Å². The van der Waals surface area contributed by atoms with E-state index in [0.717, 1.165) is 18.4 Å². The fourth-order valence-corrected chi connectivity index (χ4v) is 8.42. The third-order valence-corrected chi connectivity index (χ3v) is 10.5. The minimum absolute atomic E-state index is 0.0885. The molecule has 0 aromatic heterocycles. The Morgan fingerprint density at radius 1 is 1.15 bits per heavy atom. The molecular formula is C29H36N2O7S. The van der Waals surface area contributed by atoms with Crippen LogP contribution in [0.4, 0.5) is 0 Å². The van der Waals surface area contributed by atoms with Crippen molar-refractivity contribution in [1.29, 1.82) is 0 Å². The number of aliphatic hydroxyl groups is 3. The maximum atomic E-state index is 14.0. The van der Waals surface area contributed by atoms with Gasteiger partial charge in [-0.1, -0.05) is 25.3 Å². The Bertz CT molecular complexity index is 1330. The fourth-order valence-electron chi connectivity index (χ4n) is 7.12. The van der Waals surface area contributed by atoms with Crippen LogP contribution in [-0.4, -0.2) is 73.8 Å². The lowest BCUT2D eigenvalue weighted by Gasteiger charge is -2.50. The molecule has 0 saturated heterocycles. The summed E-state index contributed by atoms with van der Waals surface area (Å²) < 4.78 is 0. The number of phenols is 1. The van der Waals surface area contributed by atoms with Crippen LogP contribution in [0.25, 0.3) is 5.76 Å². The lowest BCUT2D eigenvalue weighted by molar-refractivity contribution is -0.153. The van der Waals surface area contributed by atoms with E-state index >= 15 is 0 Å². The normalized spacial score (nSPS) is 29.4. The number of fused-ring (bicyclic) bond motifs is 3. The standard InChI is InChI=1S/C29H36N2O7S/c1-13-9-15(12-39-16-7-5-4-6-8-16)23(32)20-17(13)10-14-11-18-22(31(2)3)25(34)21(28(30)37)27(36)29(18,38)26(35)19(14)24(20)33/h9,14,16,18,22,32-33,36,38H,4-8,10-12H2,1-3H3,(H2,30,37)/t14?,18?,22-,29?/m0/s1. The summed E-state index contributed by atoms with van der Waals surface area (Å²) in [6.07, 6.45) is 6.33. The van der Waals surface area contributed by atoms with E-state index in [2.05, 4.69) is 0 Å². The molecule has 4 aliphatic carbocycles. The predicted molar refractivity (Wildman–Crippen MR) is 147 cm³/mol. The maximum Gasteiger partial charge on any atom is 0.255 e. The molecule has 4 aliphatic rings. The smallest absolute Gasteiger partial charge is 0.255 e. The summed E-state index contributed by atoms with van der Waals surface area (Å²) in [6, 6.07) is 0.847. The fraction of sp³-hybridized carbons (Fsp3) is 0.552. The average molecular weight is 557 g/mol. The van der Waals surface area contributed by atoms with E-state index in [4.69, 9.17) is 5.73 Å².